The van der Waals surface area contributed by atoms with Crippen LogP contribution in [-0.4, -0.2) is 58.0 Å². The number of amides is 2. The third kappa shape index (κ3) is 8.71. The van der Waals surface area contributed by atoms with Crippen LogP contribution in [0.3, 0.4) is 0 Å². The average molecular weight is 658 g/mol. The highest BCUT2D eigenvalue weighted by Gasteiger charge is 2.36. The van der Waals surface area contributed by atoms with Gasteiger partial charge in [-0.15, -0.1) is 0 Å². The maximum atomic E-state index is 14.7. The van der Waals surface area contributed by atoms with Gasteiger partial charge in [-0.1, -0.05) is 73.7 Å². The highest BCUT2D eigenvalue weighted by atomic mass is 32.2. The Hall–Kier alpha value is -4.83. The molecule has 4 aromatic rings. The van der Waals surface area contributed by atoms with Gasteiger partial charge >= 0.3 is 0 Å². The predicted molar refractivity (Wildman–Crippen MR) is 184 cm³/mol. The Morgan fingerprint density at radius 1 is 0.830 bits per heavy atom. The van der Waals surface area contributed by atoms with Crippen molar-refractivity contribution in [2.45, 2.75) is 57.1 Å². The van der Waals surface area contributed by atoms with Crippen LogP contribution in [0.25, 0.3) is 0 Å². The number of nitrogens with one attached hydrogen (secondary N) is 1. The fourth-order valence-corrected chi connectivity index (χ4v) is 6.61. The number of aryl methyl sites for hydroxylation is 1. The first-order chi connectivity index (χ1) is 22.6. The molecular weight excluding hydrogens is 614 g/mol. The maximum Gasteiger partial charge on any atom is 0.264 e. The topological polar surface area (TPSA) is 105 Å². The van der Waals surface area contributed by atoms with Gasteiger partial charge in [0.2, 0.25) is 11.8 Å². The van der Waals surface area contributed by atoms with E-state index in [9.17, 15) is 18.0 Å². The van der Waals surface area contributed by atoms with Gasteiger partial charge in [0.1, 0.15) is 24.1 Å². The number of anilines is 1. The minimum Gasteiger partial charge on any atom is -0.497 e. The van der Waals surface area contributed by atoms with Crippen LogP contribution in [0.15, 0.2) is 108 Å². The molecule has 0 aliphatic carbocycles. The summed E-state index contributed by atoms with van der Waals surface area (Å²) in [5.74, 6) is -0.0917. The molecule has 0 spiro atoms. The lowest BCUT2D eigenvalue weighted by Crippen LogP contribution is -2.54. The molecule has 0 aromatic heterocycles. The molecule has 9 nitrogen and oxygen atoms in total. The molecule has 0 saturated carbocycles. The van der Waals surface area contributed by atoms with Crippen molar-refractivity contribution in [2.75, 3.05) is 25.1 Å². The predicted octanol–water partition coefficient (Wildman–Crippen LogP) is 5.76. The van der Waals surface area contributed by atoms with Crippen LogP contribution in [-0.2, 0) is 32.6 Å². The number of carbonyl (C=O) groups is 2. The molecule has 47 heavy (non-hydrogen) atoms. The Morgan fingerprint density at radius 2 is 1.47 bits per heavy atom. The van der Waals surface area contributed by atoms with Crippen LogP contribution >= 0.6 is 0 Å². The first kappa shape index (κ1) is 35.0. The third-order valence-electron chi connectivity index (χ3n) is 8.15. The molecule has 10 heteroatoms. The smallest absolute Gasteiger partial charge is 0.264 e. The highest BCUT2D eigenvalue weighted by Crippen LogP contribution is 2.33. The molecule has 2 atom stereocenters. The summed E-state index contributed by atoms with van der Waals surface area (Å²) < 4.78 is 40.5. The van der Waals surface area contributed by atoms with Crippen molar-refractivity contribution in [3.63, 3.8) is 0 Å². The van der Waals surface area contributed by atoms with E-state index in [1.807, 2.05) is 75.4 Å². The van der Waals surface area contributed by atoms with Crippen molar-refractivity contribution < 1.29 is 27.5 Å². The first-order valence-corrected chi connectivity index (χ1v) is 17.0. The molecule has 0 saturated heterocycles. The third-order valence-corrected chi connectivity index (χ3v) is 9.93. The molecule has 0 bridgehead atoms. The van der Waals surface area contributed by atoms with Gasteiger partial charge in [-0.25, -0.2) is 8.42 Å². The second-order valence-corrected chi connectivity index (χ2v) is 13.2. The Labute approximate surface area is 278 Å². The molecule has 1 N–H and O–H groups in total. The van der Waals surface area contributed by atoms with E-state index in [-0.39, 0.29) is 41.2 Å². The normalized spacial score (nSPS) is 12.4. The maximum absolute atomic E-state index is 14.7. The van der Waals surface area contributed by atoms with Gasteiger partial charge in [-0.05, 0) is 73.4 Å². The zero-order valence-electron chi connectivity index (χ0n) is 27.6. The standard InChI is InChI=1S/C37H43N3O6S/c1-6-28(3)38-37(42)34(24-29-15-8-7-9-16-29)39(25-30-17-11-10-14-27(30)2)36(41)26-40(33-18-12-13-19-35(33)46-5)47(43,44)32-22-20-31(45-4)21-23-32/h7-23,28,34H,6,24-26H2,1-5H3,(H,38,42)/t28-,34+/m0/s1. The largest absolute Gasteiger partial charge is 0.497 e. The molecule has 248 valence electrons. The summed E-state index contributed by atoms with van der Waals surface area (Å²) in [6, 6.07) is 28.7. The lowest BCUT2D eigenvalue weighted by atomic mass is 10.0. The lowest BCUT2D eigenvalue weighted by molar-refractivity contribution is -0.140. The fourth-order valence-electron chi connectivity index (χ4n) is 5.19. The molecule has 4 aromatic carbocycles. The van der Waals surface area contributed by atoms with E-state index in [1.165, 1.54) is 31.3 Å². The Kier molecular flexibility index (Phi) is 12.0. The fraction of sp³-hybridized carbons (Fsp3) is 0.297. The van der Waals surface area contributed by atoms with Crippen molar-refractivity contribution in [3.05, 3.63) is 120 Å². The lowest BCUT2D eigenvalue weighted by Gasteiger charge is -2.35. The molecular formula is C37H43N3O6S. The number of rotatable bonds is 15. The Balaban J connectivity index is 1.84. The van der Waals surface area contributed by atoms with Gasteiger partial charge in [0.15, 0.2) is 0 Å². The van der Waals surface area contributed by atoms with E-state index < -0.39 is 28.5 Å². The number of methoxy groups -OCH3 is 2. The quantitative estimate of drug-likeness (QED) is 0.174. The van der Waals surface area contributed by atoms with Crippen molar-refractivity contribution >= 4 is 27.5 Å². The minimum atomic E-state index is -4.30. The number of nitrogens with zero attached hydrogens (tertiary/aromatic N) is 2. The summed E-state index contributed by atoms with van der Waals surface area (Å²) in [7, 11) is -1.36. The molecule has 0 aliphatic rings. The van der Waals surface area contributed by atoms with Gasteiger partial charge in [0.05, 0.1) is 24.8 Å². The van der Waals surface area contributed by atoms with Crippen LogP contribution in [0.4, 0.5) is 5.69 Å². The zero-order valence-corrected chi connectivity index (χ0v) is 28.4. The van der Waals surface area contributed by atoms with Crippen LogP contribution in [0, 0.1) is 6.92 Å². The van der Waals surface area contributed by atoms with E-state index in [2.05, 4.69) is 5.32 Å². The van der Waals surface area contributed by atoms with Crippen LogP contribution in [0.2, 0.25) is 0 Å². The summed E-state index contributed by atoms with van der Waals surface area (Å²) in [5.41, 5.74) is 2.85. The van der Waals surface area contributed by atoms with E-state index in [4.69, 9.17) is 9.47 Å². The Morgan fingerprint density at radius 3 is 2.11 bits per heavy atom. The van der Waals surface area contributed by atoms with Gasteiger partial charge in [0, 0.05) is 19.0 Å². The molecule has 0 fully saturated rings. The van der Waals surface area contributed by atoms with E-state index in [0.717, 1.165) is 21.0 Å². The number of hydrogen-bond donors (Lipinski definition) is 1. The van der Waals surface area contributed by atoms with Crippen molar-refractivity contribution in [1.82, 2.24) is 10.2 Å². The number of sulfonamides is 1. The number of carbonyl (C=O) groups excluding carboxylic acids is 2. The SMILES string of the molecule is CC[C@H](C)NC(=O)[C@@H](Cc1ccccc1)N(Cc1ccccc1C)C(=O)CN(c1ccccc1OC)S(=O)(=O)c1ccc(OC)cc1. The average Bonchev–Trinajstić information content (AvgIpc) is 3.09. The van der Waals surface area contributed by atoms with E-state index in [1.54, 1.807) is 36.4 Å². The number of benzene rings is 4. The van der Waals surface area contributed by atoms with Crippen molar-refractivity contribution in [2.24, 2.45) is 0 Å². The van der Waals surface area contributed by atoms with Gasteiger partial charge < -0.3 is 19.7 Å². The molecule has 0 unspecified atom stereocenters. The second kappa shape index (κ2) is 16.1. The van der Waals surface area contributed by atoms with Crippen LogP contribution in [0.5, 0.6) is 11.5 Å². The van der Waals surface area contributed by atoms with Crippen LogP contribution in [0.1, 0.15) is 37.0 Å². The van der Waals surface area contributed by atoms with Crippen LogP contribution < -0.4 is 19.1 Å². The molecule has 2 amide bonds. The molecule has 4 rings (SSSR count). The summed E-state index contributed by atoms with van der Waals surface area (Å²) >= 11 is 0. The Bertz CT molecular complexity index is 1750. The molecule has 0 radical (unpaired) electrons. The first-order valence-electron chi connectivity index (χ1n) is 15.6. The van der Waals surface area contributed by atoms with E-state index >= 15 is 0 Å². The van der Waals surface area contributed by atoms with Gasteiger partial charge in [-0.3, -0.25) is 13.9 Å². The summed E-state index contributed by atoms with van der Waals surface area (Å²) in [4.78, 5) is 30.2. The zero-order chi connectivity index (χ0) is 34.0. The molecule has 0 heterocycles. The van der Waals surface area contributed by atoms with E-state index in [0.29, 0.717) is 12.2 Å². The number of para-hydroxylation sites is 2. The van der Waals surface area contributed by atoms with Gasteiger partial charge in [0.25, 0.3) is 10.0 Å². The minimum absolute atomic E-state index is 0.0298. The van der Waals surface area contributed by atoms with Crippen molar-refractivity contribution in [3.8, 4) is 11.5 Å². The summed E-state index contributed by atoms with van der Waals surface area (Å²) in [6.45, 7) is 5.35. The van der Waals surface area contributed by atoms with Crippen molar-refractivity contribution in [1.29, 1.82) is 0 Å². The molecule has 0 aliphatic heterocycles. The van der Waals surface area contributed by atoms with Gasteiger partial charge in [-0.2, -0.15) is 0 Å². The summed E-state index contributed by atoms with van der Waals surface area (Å²) in [5, 5.41) is 3.06. The summed E-state index contributed by atoms with van der Waals surface area (Å²) in [6.07, 6.45) is 0.942. The second-order valence-electron chi connectivity index (χ2n) is 11.3. The monoisotopic (exact) mass is 657 g/mol. The highest BCUT2D eigenvalue weighted by molar-refractivity contribution is 7.92. The number of ether oxygens (including phenoxy) is 2. The number of hydrogen-bond acceptors (Lipinski definition) is 6.